The third-order valence-corrected chi connectivity index (χ3v) is 3.43. The van der Waals surface area contributed by atoms with Crippen molar-refractivity contribution in [1.29, 1.82) is 0 Å². The summed E-state index contributed by atoms with van der Waals surface area (Å²) in [5, 5.41) is 0.938. The van der Waals surface area contributed by atoms with Gasteiger partial charge < -0.3 is 0 Å². The van der Waals surface area contributed by atoms with Gasteiger partial charge in [0.15, 0.2) is 4.34 Å². The van der Waals surface area contributed by atoms with Crippen LogP contribution in [-0.2, 0) is 0 Å². The first-order valence-corrected chi connectivity index (χ1v) is 5.56. The number of aromatic nitrogens is 2. The summed E-state index contributed by atoms with van der Waals surface area (Å²) in [4.78, 5) is 8.29. The molecule has 0 atom stereocenters. The fourth-order valence-corrected chi connectivity index (χ4v) is 2.80. The lowest BCUT2D eigenvalue weighted by Crippen LogP contribution is -1.75. The Morgan fingerprint density at radius 2 is 2.23 bits per heavy atom. The smallest absolute Gasteiger partial charge is 0.157 e. The van der Waals surface area contributed by atoms with Gasteiger partial charge in [-0.05, 0) is 23.9 Å². The van der Waals surface area contributed by atoms with Gasteiger partial charge in [-0.25, -0.2) is 9.97 Å². The van der Waals surface area contributed by atoms with Crippen LogP contribution in [0.3, 0.4) is 0 Å². The summed E-state index contributed by atoms with van der Waals surface area (Å²) < 4.78 is 1.63. The Morgan fingerprint density at radius 1 is 1.31 bits per heavy atom. The molecule has 2 aromatic heterocycles. The first-order valence-electron chi connectivity index (χ1n) is 3.55. The lowest BCUT2D eigenvalue weighted by atomic mass is 10.5. The molecule has 0 saturated carbocycles. The lowest BCUT2D eigenvalue weighted by Gasteiger charge is -1.93. The Kier molecular flexibility index (Phi) is 2.83. The molecular weight excluding hydrogens is 224 g/mol. The fourth-order valence-electron chi connectivity index (χ4n) is 0.784. The molecule has 0 spiro atoms. The van der Waals surface area contributed by atoms with E-state index in [1.807, 2.05) is 18.2 Å². The minimum Gasteiger partial charge on any atom is -0.250 e. The second-order valence-electron chi connectivity index (χ2n) is 2.20. The highest BCUT2D eigenvalue weighted by Crippen LogP contribution is 2.31. The van der Waals surface area contributed by atoms with Gasteiger partial charge in [0.2, 0.25) is 0 Å². The summed E-state index contributed by atoms with van der Waals surface area (Å²) in [6.45, 7) is 0. The fraction of sp³-hybridized carbons (Fsp3) is 0. The molecule has 66 valence electrons. The Bertz CT molecular complexity index is 388. The zero-order valence-corrected chi connectivity index (χ0v) is 8.86. The van der Waals surface area contributed by atoms with Gasteiger partial charge in [-0.2, -0.15) is 0 Å². The third-order valence-electron chi connectivity index (χ3n) is 1.29. The van der Waals surface area contributed by atoms with E-state index in [9.17, 15) is 0 Å². The van der Waals surface area contributed by atoms with Crippen molar-refractivity contribution < 1.29 is 0 Å². The van der Waals surface area contributed by atoms with Crippen LogP contribution in [0.4, 0.5) is 0 Å². The number of halogens is 1. The predicted molar refractivity (Wildman–Crippen MR) is 55.5 cm³/mol. The van der Waals surface area contributed by atoms with Gasteiger partial charge in [-0.1, -0.05) is 29.0 Å². The lowest BCUT2D eigenvalue weighted by molar-refractivity contribution is 1.12. The van der Waals surface area contributed by atoms with E-state index in [0.717, 1.165) is 9.37 Å². The van der Waals surface area contributed by atoms with Gasteiger partial charge >= 0.3 is 0 Å². The van der Waals surface area contributed by atoms with E-state index in [1.165, 1.54) is 23.1 Å². The van der Waals surface area contributed by atoms with E-state index in [2.05, 4.69) is 9.97 Å². The highest BCUT2D eigenvalue weighted by Gasteiger charge is 2.02. The molecule has 0 saturated heterocycles. The summed E-state index contributed by atoms with van der Waals surface area (Å²) in [6.07, 6.45) is 3.41. The molecule has 0 unspecified atom stereocenters. The van der Waals surface area contributed by atoms with Crippen LogP contribution in [-0.4, -0.2) is 9.97 Å². The standard InChI is InChI=1S/C8H5ClN2S2/c9-6-5-11-8(12-6)13-7-3-1-2-4-10-7/h1-5H. The number of hydrogen-bond donors (Lipinski definition) is 0. The van der Waals surface area contributed by atoms with Crippen molar-refractivity contribution in [3.05, 3.63) is 34.9 Å². The quantitative estimate of drug-likeness (QED) is 0.789. The largest absolute Gasteiger partial charge is 0.250 e. The molecule has 0 fully saturated rings. The molecule has 0 amide bonds. The summed E-state index contributed by atoms with van der Waals surface area (Å²) in [5.74, 6) is 0. The molecule has 2 aromatic rings. The van der Waals surface area contributed by atoms with Gasteiger partial charge in [0.25, 0.3) is 0 Å². The maximum Gasteiger partial charge on any atom is 0.157 e. The van der Waals surface area contributed by atoms with Crippen LogP contribution in [0, 0.1) is 0 Å². The van der Waals surface area contributed by atoms with Crippen LogP contribution in [0.15, 0.2) is 40.0 Å². The highest BCUT2D eigenvalue weighted by atomic mass is 35.5. The van der Waals surface area contributed by atoms with Gasteiger partial charge in [0.05, 0.1) is 6.20 Å². The zero-order chi connectivity index (χ0) is 9.10. The number of pyridine rings is 1. The van der Waals surface area contributed by atoms with Gasteiger partial charge in [-0.15, -0.1) is 0 Å². The first-order chi connectivity index (χ1) is 6.34. The number of nitrogens with zero attached hydrogens (tertiary/aromatic N) is 2. The van der Waals surface area contributed by atoms with Crippen LogP contribution in [0.1, 0.15) is 0 Å². The maximum atomic E-state index is 5.75. The highest BCUT2D eigenvalue weighted by molar-refractivity contribution is 8.01. The van der Waals surface area contributed by atoms with Crippen LogP contribution in [0.25, 0.3) is 0 Å². The molecular formula is C8H5ClN2S2. The predicted octanol–water partition coefficient (Wildman–Crippen LogP) is 3.34. The Labute approximate surface area is 89.0 Å². The number of hydrogen-bond acceptors (Lipinski definition) is 4. The minimum atomic E-state index is 0.707. The van der Waals surface area contributed by atoms with E-state index in [0.29, 0.717) is 4.34 Å². The van der Waals surface area contributed by atoms with Crippen molar-refractivity contribution in [3.8, 4) is 0 Å². The average molecular weight is 229 g/mol. The van der Waals surface area contributed by atoms with Crippen molar-refractivity contribution in [2.45, 2.75) is 9.37 Å². The molecule has 0 bridgehead atoms. The SMILES string of the molecule is Clc1cnc(Sc2ccccn2)s1. The van der Waals surface area contributed by atoms with Crippen molar-refractivity contribution in [3.63, 3.8) is 0 Å². The molecule has 0 N–H and O–H groups in total. The molecule has 2 nitrogen and oxygen atoms in total. The van der Waals surface area contributed by atoms with Gasteiger partial charge in [-0.3, -0.25) is 0 Å². The third kappa shape index (κ3) is 2.43. The molecule has 0 radical (unpaired) electrons. The minimum absolute atomic E-state index is 0.707. The molecule has 2 rings (SSSR count). The first kappa shape index (κ1) is 8.99. The van der Waals surface area contributed by atoms with E-state index in [-0.39, 0.29) is 0 Å². The van der Waals surface area contributed by atoms with E-state index in [1.54, 1.807) is 12.4 Å². The van der Waals surface area contributed by atoms with Crippen molar-refractivity contribution in [1.82, 2.24) is 9.97 Å². The monoisotopic (exact) mass is 228 g/mol. The van der Waals surface area contributed by atoms with E-state index >= 15 is 0 Å². The van der Waals surface area contributed by atoms with Gasteiger partial charge in [0, 0.05) is 6.20 Å². The van der Waals surface area contributed by atoms with Crippen molar-refractivity contribution >= 4 is 34.7 Å². The molecule has 2 heterocycles. The Hall–Kier alpha value is -0.580. The topological polar surface area (TPSA) is 25.8 Å². The molecule has 0 aliphatic heterocycles. The van der Waals surface area contributed by atoms with Crippen LogP contribution < -0.4 is 0 Å². The summed E-state index contributed by atoms with van der Waals surface area (Å²) in [5.41, 5.74) is 0. The van der Waals surface area contributed by atoms with Gasteiger partial charge in [0.1, 0.15) is 9.36 Å². The summed E-state index contributed by atoms with van der Waals surface area (Å²) >= 11 is 8.73. The molecule has 5 heteroatoms. The Morgan fingerprint density at radius 3 is 2.85 bits per heavy atom. The number of thiazole rings is 1. The summed E-state index contributed by atoms with van der Waals surface area (Å²) in [6, 6.07) is 5.78. The van der Waals surface area contributed by atoms with Crippen molar-refractivity contribution in [2.24, 2.45) is 0 Å². The van der Waals surface area contributed by atoms with Crippen LogP contribution >= 0.6 is 34.7 Å². The van der Waals surface area contributed by atoms with Crippen LogP contribution in [0.5, 0.6) is 0 Å². The molecule has 0 aliphatic rings. The summed E-state index contributed by atoms with van der Waals surface area (Å²) in [7, 11) is 0. The van der Waals surface area contributed by atoms with Crippen LogP contribution in [0.2, 0.25) is 4.34 Å². The molecule has 13 heavy (non-hydrogen) atoms. The zero-order valence-electron chi connectivity index (χ0n) is 6.48. The second-order valence-corrected chi connectivity index (χ2v) is 5.13. The normalized spacial score (nSPS) is 10.2. The molecule has 0 aliphatic carbocycles. The second kappa shape index (κ2) is 4.09. The van der Waals surface area contributed by atoms with Crippen molar-refractivity contribution in [2.75, 3.05) is 0 Å². The van der Waals surface area contributed by atoms with E-state index in [4.69, 9.17) is 11.6 Å². The molecule has 0 aromatic carbocycles. The average Bonchev–Trinajstić information content (AvgIpc) is 2.53. The Balaban J connectivity index is 2.15. The number of rotatable bonds is 2. The maximum absolute atomic E-state index is 5.75. The van der Waals surface area contributed by atoms with E-state index < -0.39 is 0 Å².